The van der Waals surface area contributed by atoms with Gasteiger partial charge in [0.2, 0.25) is 0 Å². The third kappa shape index (κ3) is 2.00. The molecule has 2 rings (SSSR count). The first-order valence-electron chi connectivity index (χ1n) is 5.04. The normalized spacial score (nSPS) is 13.0. The van der Waals surface area contributed by atoms with Gasteiger partial charge in [0.25, 0.3) is 0 Å². The number of aromatic nitrogens is 2. The number of thiophene rings is 1. The fourth-order valence-electron chi connectivity index (χ4n) is 1.83. The summed E-state index contributed by atoms with van der Waals surface area (Å²) < 4.78 is 1.90. The summed E-state index contributed by atoms with van der Waals surface area (Å²) in [5.41, 5.74) is 2.15. The molecule has 0 fully saturated rings. The lowest BCUT2D eigenvalue weighted by Crippen LogP contribution is -2.19. The summed E-state index contributed by atoms with van der Waals surface area (Å²) >= 11 is 7.82. The van der Waals surface area contributed by atoms with Crippen molar-refractivity contribution in [1.82, 2.24) is 15.1 Å². The Morgan fingerprint density at radius 3 is 2.75 bits per heavy atom. The van der Waals surface area contributed by atoms with Crippen molar-refractivity contribution in [3.63, 3.8) is 0 Å². The molecule has 16 heavy (non-hydrogen) atoms. The minimum atomic E-state index is 0.110. The topological polar surface area (TPSA) is 29.9 Å². The van der Waals surface area contributed by atoms with Crippen molar-refractivity contribution in [1.29, 1.82) is 0 Å². The maximum absolute atomic E-state index is 6.16. The molecule has 1 unspecified atom stereocenters. The predicted molar refractivity (Wildman–Crippen MR) is 68.2 cm³/mol. The quantitative estimate of drug-likeness (QED) is 0.914. The Kier molecular flexibility index (Phi) is 3.33. The molecule has 3 nitrogen and oxygen atoms in total. The highest BCUT2D eigenvalue weighted by Crippen LogP contribution is 2.32. The molecule has 5 heteroatoms. The van der Waals surface area contributed by atoms with Crippen molar-refractivity contribution in [3.8, 4) is 0 Å². The summed E-state index contributed by atoms with van der Waals surface area (Å²) in [6, 6.07) is 4.12. The van der Waals surface area contributed by atoms with Gasteiger partial charge in [-0.05, 0) is 31.5 Å². The molecule has 0 aliphatic carbocycles. The van der Waals surface area contributed by atoms with Crippen LogP contribution in [0.5, 0.6) is 0 Å². The Bertz CT molecular complexity index is 489. The van der Waals surface area contributed by atoms with Crippen LogP contribution in [0.15, 0.2) is 17.5 Å². The van der Waals surface area contributed by atoms with Gasteiger partial charge in [0, 0.05) is 11.9 Å². The van der Waals surface area contributed by atoms with Crippen molar-refractivity contribution in [2.75, 3.05) is 7.05 Å². The molecule has 0 amide bonds. The number of hydrogen-bond acceptors (Lipinski definition) is 3. The standard InChI is InChI=1S/C11H14ClN3S/c1-7-6-9(15(3)14-7)10(13-2)11-8(12)4-5-16-11/h4-6,10,13H,1-3H3. The second-order valence-corrected chi connectivity index (χ2v) is 5.04. The molecule has 0 bridgehead atoms. The van der Waals surface area contributed by atoms with Crippen LogP contribution in [0.4, 0.5) is 0 Å². The molecule has 2 aromatic heterocycles. The molecule has 1 N–H and O–H groups in total. The minimum absolute atomic E-state index is 0.110. The Morgan fingerprint density at radius 2 is 2.31 bits per heavy atom. The van der Waals surface area contributed by atoms with Crippen LogP contribution in [0.3, 0.4) is 0 Å². The van der Waals surface area contributed by atoms with E-state index in [0.717, 1.165) is 21.3 Å². The summed E-state index contributed by atoms with van der Waals surface area (Å²) in [6.45, 7) is 1.99. The lowest BCUT2D eigenvalue weighted by atomic mass is 10.1. The average Bonchev–Trinajstić information content (AvgIpc) is 2.77. The van der Waals surface area contributed by atoms with Crippen LogP contribution < -0.4 is 5.32 Å². The molecule has 86 valence electrons. The average molecular weight is 256 g/mol. The largest absolute Gasteiger partial charge is 0.307 e. The van der Waals surface area contributed by atoms with E-state index >= 15 is 0 Å². The van der Waals surface area contributed by atoms with Crippen molar-refractivity contribution in [2.24, 2.45) is 7.05 Å². The zero-order valence-electron chi connectivity index (χ0n) is 9.49. The van der Waals surface area contributed by atoms with E-state index in [-0.39, 0.29) is 6.04 Å². The molecule has 2 aromatic rings. The number of aryl methyl sites for hydroxylation is 2. The highest BCUT2D eigenvalue weighted by atomic mass is 35.5. The van der Waals surface area contributed by atoms with E-state index in [1.165, 1.54) is 0 Å². The van der Waals surface area contributed by atoms with Gasteiger partial charge in [0.05, 0.1) is 22.5 Å². The van der Waals surface area contributed by atoms with Gasteiger partial charge in [0.1, 0.15) is 0 Å². The van der Waals surface area contributed by atoms with E-state index in [0.29, 0.717) is 0 Å². The molecule has 0 spiro atoms. The summed E-state index contributed by atoms with van der Waals surface area (Å²) in [7, 11) is 3.89. The summed E-state index contributed by atoms with van der Waals surface area (Å²) in [6.07, 6.45) is 0. The number of rotatable bonds is 3. The van der Waals surface area contributed by atoms with Crippen molar-refractivity contribution in [2.45, 2.75) is 13.0 Å². The SMILES string of the molecule is CNC(c1sccc1Cl)c1cc(C)nn1C. The van der Waals surface area contributed by atoms with Gasteiger partial charge < -0.3 is 5.32 Å². The van der Waals surface area contributed by atoms with Crippen molar-refractivity contribution in [3.05, 3.63) is 38.8 Å². The van der Waals surface area contributed by atoms with E-state index in [4.69, 9.17) is 11.6 Å². The second-order valence-electron chi connectivity index (χ2n) is 3.69. The Morgan fingerprint density at radius 1 is 1.56 bits per heavy atom. The first-order chi connectivity index (χ1) is 7.63. The Hall–Kier alpha value is -0.840. The van der Waals surface area contributed by atoms with Crippen LogP contribution in [-0.4, -0.2) is 16.8 Å². The third-order valence-corrected chi connectivity index (χ3v) is 3.95. The highest BCUT2D eigenvalue weighted by Gasteiger charge is 2.19. The smallest absolute Gasteiger partial charge is 0.0854 e. The maximum Gasteiger partial charge on any atom is 0.0854 e. The van der Waals surface area contributed by atoms with Crippen molar-refractivity contribution >= 4 is 22.9 Å². The Labute approximate surface area is 104 Å². The van der Waals surface area contributed by atoms with E-state index in [1.54, 1.807) is 11.3 Å². The van der Waals surface area contributed by atoms with Gasteiger partial charge in [-0.15, -0.1) is 11.3 Å². The summed E-state index contributed by atoms with van der Waals surface area (Å²) in [5, 5.41) is 10.5. The molecule has 0 aromatic carbocycles. The van der Waals surface area contributed by atoms with E-state index < -0.39 is 0 Å². The van der Waals surface area contributed by atoms with Crippen LogP contribution in [0.25, 0.3) is 0 Å². The van der Waals surface area contributed by atoms with Crippen LogP contribution in [-0.2, 0) is 7.05 Å². The van der Waals surface area contributed by atoms with Crippen LogP contribution in [0.2, 0.25) is 5.02 Å². The van der Waals surface area contributed by atoms with E-state index in [9.17, 15) is 0 Å². The van der Waals surface area contributed by atoms with Gasteiger partial charge in [-0.3, -0.25) is 4.68 Å². The molecule has 0 radical (unpaired) electrons. The van der Waals surface area contributed by atoms with Crippen molar-refractivity contribution < 1.29 is 0 Å². The van der Waals surface area contributed by atoms with Gasteiger partial charge in [-0.25, -0.2) is 0 Å². The molecule has 0 saturated heterocycles. The first kappa shape index (κ1) is 11.6. The zero-order valence-corrected chi connectivity index (χ0v) is 11.1. The molecule has 0 aliphatic heterocycles. The monoisotopic (exact) mass is 255 g/mol. The lowest BCUT2D eigenvalue weighted by Gasteiger charge is -2.15. The van der Waals surface area contributed by atoms with Gasteiger partial charge in [-0.1, -0.05) is 11.6 Å². The summed E-state index contributed by atoms with van der Waals surface area (Å²) in [5.74, 6) is 0. The number of nitrogens with zero attached hydrogens (tertiary/aromatic N) is 2. The lowest BCUT2D eigenvalue weighted by molar-refractivity contribution is 0.611. The van der Waals surface area contributed by atoms with Crippen LogP contribution >= 0.6 is 22.9 Å². The van der Waals surface area contributed by atoms with E-state index in [2.05, 4.69) is 16.5 Å². The highest BCUT2D eigenvalue weighted by molar-refractivity contribution is 7.10. The van der Waals surface area contributed by atoms with E-state index in [1.807, 2.05) is 37.1 Å². The second kappa shape index (κ2) is 4.57. The molecule has 1 atom stereocenters. The molecule has 0 saturated carbocycles. The zero-order chi connectivity index (χ0) is 11.7. The molecule has 0 aliphatic rings. The number of nitrogens with one attached hydrogen (secondary N) is 1. The third-order valence-electron chi connectivity index (χ3n) is 2.53. The van der Waals surface area contributed by atoms with Gasteiger partial charge >= 0.3 is 0 Å². The minimum Gasteiger partial charge on any atom is -0.307 e. The maximum atomic E-state index is 6.16. The first-order valence-corrected chi connectivity index (χ1v) is 6.30. The van der Waals surface area contributed by atoms with Gasteiger partial charge in [-0.2, -0.15) is 5.10 Å². The van der Waals surface area contributed by atoms with Crippen LogP contribution in [0.1, 0.15) is 22.3 Å². The van der Waals surface area contributed by atoms with Crippen LogP contribution in [0, 0.1) is 6.92 Å². The Balaban J connectivity index is 2.44. The number of halogens is 1. The molecular weight excluding hydrogens is 242 g/mol. The molecule has 2 heterocycles. The number of hydrogen-bond donors (Lipinski definition) is 1. The summed E-state index contributed by atoms with van der Waals surface area (Å²) in [4.78, 5) is 1.13. The molecular formula is C11H14ClN3S. The fourth-order valence-corrected chi connectivity index (χ4v) is 3.11. The fraction of sp³-hybridized carbons (Fsp3) is 0.364. The van der Waals surface area contributed by atoms with Gasteiger partial charge in [0.15, 0.2) is 0 Å². The predicted octanol–water partition coefficient (Wildman–Crippen LogP) is 2.75.